The number of ether oxygens (including phenoxy) is 1. The number of hydrogen-bond donors (Lipinski definition) is 1. The highest BCUT2D eigenvalue weighted by atomic mass is 16.5. The predicted octanol–water partition coefficient (Wildman–Crippen LogP) is 1.79. The second-order valence-electron chi connectivity index (χ2n) is 5.17. The SMILES string of the molecule is CCC1CN(C2CCCCCC2O)CCO1. The molecule has 0 spiro atoms. The standard InChI is InChI=1S/C13H25NO2/c1-2-11-10-14(8-9-16-11)12-6-4-3-5-7-13(12)15/h11-13,15H,2-10H2,1H3. The number of morpholine rings is 1. The molecule has 3 nitrogen and oxygen atoms in total. The third-order valence-corrected chi connectivity index (χ3v) is 4.04. The van der Waals surface area contributed by atoms with Crippen molar-refractivity contribution in [3.63, 3.8) is 0 Å². The summed E-state index contributed by atoms with van der Waals surface area (Å²) in [7, 11) is 0. The van der Waals surface area contributed by atoms with E-state index in [9.17, 15) is 5.11 Å². The molecule has 1 heterocycles. The van der Waals surface area contributed by atoms with Gasteiger partial charge in [-0.05, 0) is 19.3 Å². The van der Waals surface area contributed by atoms with E-state index in [4.69, 9.17) is 4.74 Å². The molecule has 0 amide bonds. The third-order valence-electron chi connectivity index (χ3n) is 4.04. The van der Waals surface area contributed by atoms with Crippen LogP contribution in [0.15, 0.2) is 0 Å². The molecular formula is C13H25NO2. The topological polar surface area (TPSA) is 32.7 Å². The Hall–Kier alpha value is -0.120. The van der Waals surface area contributed by atoms with Gasteiger partial charge in [0.05, 0.1) is 18.8 Å². The second-order valence-corrected chi connectivity index (χ2v) is 5.17. The van der Waals surface area contributed by atoms with E-state index in [-0.39, 0.29) is 6.10 Å². The van der Waals surface area contributed by atoms with Crippen molar-refractivity contribution in [3.8, 4) is 0 Å². The lowest BCUT2D eigenvalue weighted by Crippen LogP contribution is -2.51. The monoisotopic (exact) mass is 227 g/mol. The van der Waals surface area contributed by atoms with Gasteiger partial charge < -0.3 is 9.84 Å². The van der Waals surface area contributed by atoms with E-state index >= 15 is 0 Å². The molecule has 94 valence electrons. The van der Waals surface area contributed by atoms with Crippen LogP contribution in [0.3, 0.4) is 0 Å². The van der Waals surface area contributed by atoms with E-state index in [0.717, 1.165) is 39.0 Å². The maximum atomic E-state index is 10.2. The molecule has 0 aromatic carbocycles. The zero-order valence-electron chi connectivity index (χ0n) is 10.4. The molecule has 2 aliphatic rings. The summed E-state index contributed by atoms with van der Waals surface area (Å²) in [5.74, 6) is 0. The normalized spacial score (nSPS) is 38.2. The zero-order chi connectivity index (χ0) is 11.4. The maximum Gasteiger partial charge on any atom is 0.0700 e. The van der Waals surface area contributed by atoms with Crippen LogP contribution in [-0.4, -0.2) is 48.0 Å². The average molecular weight is 227 g/mol. The molecule has 2 fully saturated rings. The van der Waals surface area contributed by atoms with Gasteiger partial charge in [0, 0.05) is 19.1 Å². The third kappa shape index (κ3) is 2.96. The van der Waals surface area contributed by atoms with Crippen molar-refractivity contribution in [2.45, 2.75) is 63.7 Å². The first-order chi connectivity index (χ1) is 7.81. The molecule has 1 aliphatic heterocycles. The highest BCUT2D eigenvalue weighted by molar-refractivity contribution is 4.84. The maximum absolute atomic E-state index is 10.2. The van der Waals surface area contributed by atoms with Crippen molar-refractivity contribution >= 4 is 0 Å². The summed E-state index contributed by atoms with van der Waals surface area (Å²) in [6, 6.07) is 0.389. The van der Waals surface area contributed by atoms with Crippen LogP contribution in [0.4, 0.5) is 0 Å². The molecule has 1 saturated carbocycles. The van der Waals surface area contributed by atoms with Crippen LogP contribution >= 0.6 is 0 Å². The Morgan fingerprint density at radius 2 is 2.06 bits per heavy atom. The van der Waals surface area contributed by atoms with Crippen molar-refractivity contribution in [2.24, 2.45) is 0 Å². The zero-order valence-corrected chi connectivity index (χ0v) is 10.4. The first-order valence-corrected chi connectivity index (χ1v) is 6.85. The van der Waals surface area contributed by atoms with E-state index in [0.29, 0.717) is 12.1 Å². The molecule has 2 rings (SSSR count). The minimum Gasteiger partial charge on any atom is -0.391 e. The second kappa shape index (κ2) is 5.99. The van der Waals surface area contributed by atoms with Crippen molar-refractivity contribution in [2.75, 3.05) is 19.7 Å². The number of aliphatic hydroxyl groups is 1. The number of rotatable bonds is 2. The average Bonchev–Trinajstić information content (AvgIpc) is 2.54. The summed E-state index contributed by atoms with van der Waals surface area (Å²) in [6.45, 7) is 5.02. The quantitative estimate of drug-likeness (QED) is 0.730. The summed E-state index contributed by atoms with van der Waals surface area (Å²) in [4.78, 5) is 2.47. The van der Waals surface area contributed by atoms with Gasteiger partial charge in [-0.1, -0.05) is 26.2 Å². The lowest BCUT2D eigenvalue weighted by molar-refractivity contribution is -0.0667. The Bertz CT molecular complexity index is 210. The molecule has 3 atom stereocenters. The Balaban J connectivity index is 1.93. The summed E-state index contributed by atoms with van der Waals surface area (Å²) in [5.41, 5.74) is 0. The van der Waals surface area contributed by atoms with Gasteiger partial charge >= 0.3 is 0 Å². The van der Waals surface area contributed by atoms with Crippen LogP contribution in [0.1, 0.15) is 45.4 Å². The van der Waals surface area contributed by atoms with Crippen LogP contribution in [-0.2, 0) is 4.74 Å². The minimum absolute atomic E-state index is 0.113. The molecule has 1 N–H and O–H groups in total. The fourth-order valence-electron chi connectivity index (χ4n) is 2.98. The summed E-state index contributed by atoms with van der Waals surface area (Å²) in [6.07, 6.45) is 7.25. The van der Waals surface area contributed by atoms with E-state index in [1.165, 1.54) is 19.3 Å². The molecule has 3 unspecified atom stereocenters. The van der Waals surface area contributed by atoms with Gasteiger partial charge in [-0.25, -0.2) is 0 Å². The van der Waals surface area contributed by atoms with Crippen LogP contribution in [0.2, 0.25) is 0 Å². The van der Waals surface area contributed by atoms with E-state index in [2.05, 4.69) is 11.8 Å². The Morgan fingerprint density at radius 3 is 2.88 bits per heavy atom. The molecule has 3 heteroatoms. The number of aliphatic hydroxyl groups excluding tert-OH is 1. The molecular weight excluding hydrogens is 202 g/mol. The van der Waals surface area contributed by atoms with Crippen molar-refractivity contribution in [1.82, 2.24) is 4.90 Å². The molecule has 0 radical (unpaired) electrons. The van der Waals surface area contributed by atoms with Gasteiger partial charge in [-0.2, -0.15) is 0 Å². The molecule has 1 saturated heterocycles. The van der Waals surface area contributed by atoms with Crippen LogP contribution in [0.25, 0.3) is 0 Å². The van der Waals surface area contributed by atoms with E-state index in [1.54, 1.807) is 0 Å². The number of nitrogens with zero attached hydrogens (tertiary/aromatic N) is 1. The lowest BCUT2D eigenvalue weighted by atomic mass is 10.0. The Labute approximate surface area is 98.8 Å². The van der Waals surface area contributed by atoms with Gasteiger partial charge in [0.1, 0.15) is 0 Å². The largest absolute Gasteiger partial charge is 0.391 e. The summed E-state index contributed by atoms with van der Waals surface area (Å²) >= 11 is 0. The predicted molar refractivity (Wildman–Crippen MR) is 64.5 cm³/mol. The highest BCUT2D eigenvalue weighted by Crippen LogP contribution is 2.24. The smallest absolute Gasteiger partial charge is 0.0700 e. The molecule has 1 aliphatic carbocycles. The van der Waals surface area contributed by atoms with Gasteiger partial charge in [0.2, 0.25) is 0 Å². The molecule has 0 bridgehead atoms. The van der Waals surface area contributed by atoms with Gasteiger partial charge in [0.15, 0.2) is 0 Å². The number of hydrogen-bond acceptors (Lipinski definition) is 3. The molecule has 16 heavy (non-hydrogen) atoms. The fraction of sp³-hybridized carbons (Fsp3) is 1.00. The minimum atomic E-state index is -0.113. The van der Waals surface area contributed by atoms with E-state index < -0.39 is 0 Å². The first-order valence-electron chi connectivity index (χ1n) is 6.85. The Morgan fingerprint density at radius 1 is 1.25 bits per heavy atom. The molecule has 0 aromatic heterocycles. The lowest BCUT2D eigenvalue weighted by Gasteiger charge is -2.39. The fourth-order valence-corrected chi connectivity index (χ4v) is 2.98. The van der Waals surface area contributed by atoms with E-state index in [1.807, 2.05) is 0 Å². The summed E-state index contributed by atoms with van der Waals surface area (Å²) in [5, 5.41) is 10.2. The highest BCUT2D eigenvalue weighted by Gasteiger charge is 2.30. The summed E-state index contributed by atoms with van der Waals surface area (Å²) < 4.78 is 5.69. The van der Waals surface area contributed by atoms with Crippen LogP contribution < -0.4 is 0 Å². The van der Waals surface area contributed by atoms with Crippen molar-refractivity contribution < 1.29 is 9.84 Å². The van der Waals surface area contributed by atoms with Crippen molar-refractivity contribution in [1.29, 1.82) is 0 Å². The van der Waals surface area contributed by atoms with Crippen LogP contribution in [0.5, 0.6) is 0 Å². The van der Waals surface area contributed by atoms with Gasteiger partial charge in [-0.3, -0.25) is 4.90 Å². The first kappa shape index (κ1) is 12.3. The Kier molecular flexibility index (Phi) is 4.62. The van der Waals surface area contributed by atoms with Crippen molar-refractivity contribution in [3.05, 3.63) is 0 Å². The van der Waals surface area contributed by atoms with Gasteiger partial charge in [-0.15, -0.1) is 0 Å². The van der Waals surface area contributed by atoms with Gasteiger partial charge in [0.25, 0.3) is 0 Å². The van der Waals surface area contributed by atoms with Crippen LogP contribution in [0, 0.1) is 0 Å². The molecule has 0 aromatic rings.